The predicted octanol–water partition coefficient (Wildman–Crippen LogP) is 4.57. The molecule has 0 spiro atoms. The van der Waals surface area contributed by atoms with Gasteiger partial charge in [0.15, 0.2) is 0 Å². The first kappa shape index (κ1) is 24.7. The first-order chi connectivity index (χ1) is 13.3. The summed E-state index contributed by atoms with van der Waals surface area (Å²) in [7, 11) is -4.78. The molecule has 0 radical (unpaired) electrons. The molecule has 0 fully saturated rings. The summed E-state index contributed by atoms with van der Waals surface area (Å²) in [5, 5.41) is 2.74. The van der Waals surface area contributed by atoms with Crippen LogP contribution in [0.1, 0.15) is 94.3 Å². The zero-order valence-corrected chi connectivity index (χ0v) is 17.8. The minimum absolute atomic E-state index is 0.0725. The van der Waals surface area contributed by atoms with Crippen LogP contribution in [-0.2, 0) is 4.79 Å². The summed E-state index contributed by atoms with van der Waals surface area (Å²) in [6.07, 6.45) is 14.0. The lowest BCUT2D eigenvalue weighted by molar-refractivity contribution is -0.203. The fourth-order valence-electron chi connectivity index (χ4n) is 3.04. The fraction of sp³-hybridized carbons (Fsp3) is 0.619. The number of hydrogen-bond donors (Lipinski definition) is 3. The van der Waals surface area contributed by atoms with E-state index in [0.29, 0.717) is 12.1 Å². The summed E-state index contributed by atoms with van der Waals surface area (Å²) in [6, 6.07) is 5.56. The number of carbonyl (C=O) groups is 2. The highest BCUT2D eigenvalue weighted by molar-refractivity contribution is 7.75. The van der Waals surface area contributed by atoms with E-state index >= 15 is 0 Å². The van der Waals surface area contributed by atoms with Gasteiger partial charge in [0.25, 0.3) is 0 Å². The minimum atomic E-state index is -4.78. The lowest BCUT2D eigenvalue weighted by Gasteiger charge is -2.12. The van der Waals surface area contributed by atoms with Crippen LogP contribution in [0.15, 0.2) is 24.3 Å². The van der Waals surface area contributed by atoms with Crippen LogP contribution < -0.4 is 10.2 Å². The van der Waals surface area contributed by atoms with E-state index in [2.05, 4.69) is 12.2 Å². The Morgan fingerprint density at radius 1 is 0.857 bits per heavy atom. The summed E-state index contributed by atoms with van der Waals surface area (Å²) in [6.45, 7) is 2.23. The lowest BCUT2D eigenvalue weighted by atomic mass is 10.1. The summed E-state index contributed by atoms with van der Waals surface area (Å²) in [5.74, 6) is -0.0926. The Labute approximate surface area is 169 Å². The van der Waals surface area contributed by atoms with E-state index in [0.717, 1.165) is 19.3 Å². The van der Waals surface area contributed by atoms with Crippen molar-refractivity contribution in [1.29, 1.82) is 0 Å². The van der Waals surface area contributed by atoms with Gasteiger partial charge in [-0.05, 0) is 30.7 Å². The van der Waals surface area contributed by atoms with Crippen LogP contribution in [0.25, 0.3) is 0 Å². The number of carbonyl (C=O) groups excluding carboxylic acids is 2. The summed E-state index contributed by atoms with van der Waals surface area (Å²) in [5.41, 5.74) is -0.779. The maximum Gasteiger partial charge on any atom is 0.352 e. The maximum atomic E-state index is 11.9. The van der Waals surface area contributed by atoms with E-state index in [1.54, 1.807) is 0 Å². The van der Waals surface area contributed by atoms with Gasteiger partial charge in [-0.15, -0.1) is 0 Å². The van der Waals surface area contributed by atoms with Crippen LogP contribution >= 0.6 is 7.94 Å². The highest BCUT2D eigenvalue weighted by Crippen LogP contribution is 2.43. The van der Waals surface area contributed by atoms with E-state index in [4.69, 9.17) is 9.79 Å². The topological polar surface area (TPSA) is 110 Å². The number of benzene rings is 1. The minimum Gasteiger partial charge on any atom is -0.625 e. The molecule has 7 heteroatoms. The van der Waals surface area contributed by atoms with Crippen molar-refractivity contribution in [3.63, 3.8) is 0 Å². The molecular formula is C21H34NO5P. The van der Waals surface area contributed by atoms with Crippen LogP contribution in [0.2, 0.25) is 0 Å². The summed E-state index contributed by atoms with van der Waals surface area (Å²) >= 11 is 0. The molecule has 6 nitrogen and oxygen atoms in total. The molecule has 1 aromatic carbocycles. The molecule has 0 aliphatic rings. The van der Waals surface area contributed by atoms with Gasteiger partial charge in [0.05, 0.1) is 5.56 Å². The SMILES string of the molecule is CCCCCCCCCCCCCC(=O)Nc1ccc(C(=O)[P+]([O-])(O)O)cc1. The quantitative estimate of drug-likeness (QED) is 0.289. The average Bonchev–Trinajstić information content (AvgIpc) is 2.65. The van der Waals surface area contributed by atoms with Gasteiger partial charge in [-0.3, -0.25) is 4.79 Å². The molecule has 0 saturated heterocycles. The number of anilines is 1. The summed E-state index contributed by atoms with van der Waals surface area (Å²) in [4.78, 5) is 52.1. The second kappa shape index (κ2) is 13.8. The van der Waals surface area contributed by atoms with Crippen molar-refractivity contribution >= 4 is 25.1 Å². The highest BCUT2D eigenvalue weighted by Gasteiger charge is 2.32. The highest BCUT2D eigenvalue weighted by atomic mass is 31.2. The summed E-state index contributed by atoms with van der Waals surface area (Å²) < 4.78 is 0. The first-order valence-electron chi connectivity index (χ1n) is 10.3. The molecule has 0 unspecified atom stereocenters. The van der Waals surface area contributed by atoms with Gasteiger partial charge >= 0.3 is 13.5 Å². The van der Waals surface area contributed by atoms with Crippen molar-refractivity contribution in [1.82, 2.24) is 0 Å². The molecule has 28 heavy (non-hydrogen) atoms. The van der Waals surface area contributed by atoms with E-state index < -0.39 is 13.5 Å². The third kappa shape index (κ3) is 10.9. The van der Waals surface area contributed by atoms with Crippen molar-refractivity contribution in [2.45, 2.75) is 84.0 Å². The number of amides is 1. The lowest BCUT2D eigenvalue weighted by Crippen LogP contribution is -2.17. The normalized spacial score (nSPS) is 11.4. The third-order valence-electron chi connectivity index (χ3n) is 4.69. The van der Waals surface area contributed by atoms with Crippen LogP contribution in [-0.4, -0.2) is 21.2 Å². The van der Waals surface area contributed by atoms with Crippen LogP contribution in [0.5, 0.6) is 0 Å². The second-order valence-corrected chi connectivity index (χ2v) is 8.75. The number of unbranched alkanes of at least 4 members (excludes halogenated alkanes) is 10. The number of hydrogen-bond acceptors (Lipinski definition) is 5. The Kier molecular flexibility index (Phi) is 12.2. The van der Waals surface area contributed by atoms with E-state index in [9.17, 15) is 14.5 Å². The molecule has 1 aromatic rings. The zero-order valence-electron chi connectivity index (χ0n) is 16.9. The van der Waals surface area contributed by atoms with Crippen molar-refractivity contribution in [3.05, 3.63) is 29.8 Å². The number of rotatable bonds is 15. The van der Waals surface area contributed by atoms with Crippen molar-refractivity contribution in [2.24, 2.45) is 0 Å². The van der Waals surface area contributed by atoms with Gasteiger partial charge < -0.3 is 10.2 Å². The van der Waals surface area contributed by atoms with Gasteiger partial charge in [-0.25, -0.2) is 14.6 Å². The molecule has 0 aliphatic heterocycles. The molecule has 0 aliphatic carbocycles. The Morgan fingerprint density at radius 3 is 1.79 bits per heavy atom. The van der Waals surface area contributed by atoms with Crippen LogP contribution in [0.3, 0.4) is 0 Å². The largest absolute Gasteiger partial charge is 0.625 e. The monoisotopic (exact) mass is 411 g/mol. The molecule has 3 N–H and O–H groups in total. The average molecular weight is 411 g/mol. The maximum absolute atomic E-state index is 11.9. The molecule has 0 atom stereocenters. The standard InChI is InChI=1S/C21H34NO5P/c1-2-3-4-5-6-7-8-9-10-11-12-13-20(23)22-19-16-14-18(15-17-19)21(24)28(25,26)27/h14-17H,2-13H2,1H3,(H,22,23)(H2,25,26,27). The van der Waals surface area contributed by atoms with Crippen molar-refractivity contribution in [3.8, 4) is 0 Å². The van der Waals surface area contributed by atoms with Gasteiger partial charge in [-0.2, -0.15) is 0 Å². The van der Waals surface area contributed by atoms with Crippen molar-refractivity contribution < 1.29 is 24.3 Å². The van der Waals surface area contributed by atoms with Gasteiger partial charge in [-0.1, -0.05) is 71.1 Å². The molecule has 1 rings (SSSR count). The second-order valence-electron chi connectivity index (χ2n) is 7.26. The number of nitrogens with one attached hydrogen (secondary N) is 1. The first-order valence-corrected chi connectivity index (χ1v) is 12.0. The third-order valence-corrected chi connectivity index (χ3v) is 5.47. The van der Waals surface area contributed by atoms with Gasteiger partial charge in [0, 0.05) is 12.1 Å². The zero-order chi connectivity index (χ0) is 20.8. The van der Waals surface area contributed by atoms with Gasteiger partial charge in [0.1, 0.15) is 0 Å². The van der Waals surface area contributed by atoms with Crippen molar-refractivity contribution in [2.75, 3.05) is 5.32 Å². The molecule has 158 valence electrons. The van der Waals surface area contributed by atoms with E-state index in [1.165, 1.54) is 75.6 Å². The molecular weight excluding hydrogens is 377 g/mol. The molecule has 1 amide bonds. The molecule has 0 heterocycles. The molecule has 0 aromatic heterocycles. The molecule has 0 bridgehead atoms. The van der Waals surface area contributed by atoms with E-state index in [1.807, 2.05) is 0 Å². The van der Waals surface area contributed by atoms with E-state index in [-0.39, 0.29) is 11.5 Å². The smallest absolute Gasteiger partial charge is 0.352 e. The Balaban J connectivity index is 2.11. The Bertz CT molecular complexity index is 583. The molecule has 0 saturated carbocycles. The Morgan fingerprint density at radius 2 is 1.32 bits per heavy atom. The van der Waals surface area contributed by atoms with Crippen LogP contribution in [0, 0.1) is 0 Å². The fourth-order valence-corrected chi connectivity index (χ4v) is 3.52. The Hall–Kier alpha value is -1.33. The van der Waals surface area contributed by atoms with Crippen LogP contribution in [0.4, 0.5) is 5.69 Å². The van der Waals surface area contributed by atoms with Gasteiger partial charge in [0.2, 0.25) is 5.91 Å². The predicted molar refractivity (Wildman–Crippen MR) is 112 cm³/mol.